The second kappa shape index (κ2) is 16.8. The van der Waals surface area contributed by atoms with E-state index in [0.29, 0.717) is 6.42 Å². The third kappa shape index (κ3) is 10.2. The summed E-state index contributed by atoms with van der Waals surface area (Å²) in [4.78, 5) is 87.3. The Bertz CT molecular complexity index is 1320. The number of imidazole rings is 2. The smallest absolute Gasteiger partial charge is 0.328 e. The summed E-state index contributed by atoms with van der Waals surface area (Å²) in [5.41, 5.74) is 4.70. The fourth-order valence-corrected chi connectivity index (χ4v) is 3.93. The molecular formula is C26H40N10O8. The van der Waals surface area contributed by atoms with E-state index in [4.69, 9.17) is 15.9 Å². The van der Waals surface area contributed by atoms with Crippen LogP contribution in [0.5, 0.6) is 0 Å². The number of amides is 4. The van der Waals surface area contributed by atoms with E-state index in [0.717, 1.165) is 6.33 Å². The predicted octanol–water partition coefficient (Wildman–Crippen LogP) is -2.49. The molecule has 44 heavy (non-hydrogen) atoms. The van der Waals surface area contributed by atoms with Crippen LogP contribution in [0.1, 0.15) is 76.1 Å². The number of carbonyl (C=O) groups excluding carboxylic acids is 5. The van der Waals surface area contributed by atoms with Gasteiger partial charge in [0.15, 0.2) is 23.2 Å². The first-order valence-electron chi connectivity index (χ1n) is 13.9. The second-order valence-electron chi connectivity index (χ2n) is 10.5. The van der Waals surface area contributed by atoms with Crippen molar-refractivity contribution in [2.24, 2.45) is 11.7 Å². The number of carbonyl (C=O) groups is 6. The molecule has 4 atom stereocenters. The van der Waals surface area contributed by atoms with Gasteiger partial charge in [-0.25, -0.2) is 14.8 Å². The maximum atomic E-state index is 13.0. The standard InChI is InChI=1S/C26H40N10O8/c1-12(2)5-15(35-24(41)20-21(32-11-31-20)25(42)36-16(9-37)26(43)44)7-28-8-17(38)14(4)34-23(40)19-18(29-10-30-19)22(39)33-13(3)6-27/h10-16,28,37H,5-9,27H2,1-4H3,(H,29,30)(H,31,32)(H,33,39)(H,34,40)(H,35,41)(H,36,42)(H,43,44)/t13-,14-,15-,16-/m0/s1. The Hall–Kier alpha value is -4.68. The summed E-state index contributed by atoms with van der Waals surface area (Å²) in [5, 5.41) is 31.2. The second-order valence-corrected chi connectivity index (χ2v) is 10.5. The van der Waals surface area contributed by atoms with Crippen molar-refractivity contribution >= 4 is 35.4 Å². The third-order valence-electron chi connectivity index (χ3n) is 6.29. The van der Waals surface area contributed by atoms with E-state index in [1.165, 1.54) is 13.3 Å². The number of hydrogen-bond acceptors (Lipinski definition) is 11. The van der Waals surface area contributed by atoms with Crippen LogP contribution in [0.3, 0.4) is 0 Å². The molecule has 0 aliphatic carbocycles. The van der Waals surface area contributed by atoms with Crippen LogP contribution < -0.4 is 32.3 Å². The van der Waals surface area contributed by atoms with E-state index in [9.17, 15) is 28.8 Å². The lowest BCUT2D eigenvalue weighted by Gasteiger charge is -2.21. The fourth-order valence-electron chi connectivity index (χ4n) is 3.93. The van der Waals surface area contributed by atoms with Gasteiger partial charge in [0.2, 0.25) is 0 Å². The van der Waals surface area contributed by atoms with Crippen molar-refractivity contribution in [2.45, 2.75) is 58.3 Å². The lowest BCUT2D eigenvalue weighted by Crippen LogP contribution is -2.47. The molecule has 0 bridgehead atoms. The normalized spacial score (nSPS) is 13.8. The number of hydrogen-bond donors (Lipinski definition) is 10. The molecule has 11 N–H and O–H groups in total. The molecule has 0 radical (unpaired) electrons. The zero-order chi connectivity index (χ0) is 33.0. The highest BCUT2D eigenvalue weighted by Crippen LogP contribution is 2.09. The maximum absolute atomic E-state index is 13.0. The molecule has 4 amide bonds. The summed E-state index contributed by atoms with van der Waals surface area (Å²) >= 11 is 0. The zero-order valence-corrected chi connectivity index (χ0v) is 24.9. The van der Waals surface area contributed by atoms with E-state index in [-0.39, 0.29) is 60.2 Å². The van der Waals surface area contributed by atoms with Gasteiger partial charge >= 0.3 is 5.97 Å². The molecule has 2 aromatic heterocycles. The number of carboxylic acids is 1. The molecule has 0 aliphatic heterocycles. The van der Waals surface area contributed by atoms with E-state index in [2.05, 4.69) is 46.5 Å². The highest BCUT2D eigenvalue weighted by atomic mass is 16.4. The van der Waals surface area contributed by atoms with Crippen molar-refractivity contribution in [2.75, 3.05) is 26.2 Å². The van der Waals surface area contributed by atoms with Crippen LogP contribution in [0, 0.1) is 5.92 Å². The highest BCUT2D eigenvalue weighted by Gasteiger charge is 2.27. The largest absolute Gasteiger partial charge is 0.480 e. The number of aliphatic hydroxyl groups excluding tert-OH is 1. The van der Waals surface area contributed by atoms with Gasteiger partial charge in [-0.05, 0) is 26.2 Å². The number of rotatable bonds is 18. The van der Waals surface area contributed by atoms with Gasteiger partial charge in [0.05, 0.1) is 31.8 Å². The number of aliphatic hydroxyl groups is 1. The predicted molar refractivity (Wildman–Crippen MR) is 155 cm³/mol. The number of aromatic nitrogens is 4. The van der Waals surface area contributed by atoms with Gasteiger partial charge in [0, 0.05) is 25.2 Å². The fraction of sp³-hybridized carbons (Fsp3) is 0.538. The van der Waals surface area contributed by atoms with Crippen molar-refractivity contribution in [3.63, 3.8) is 0 Å². The maximum Gasteiger partial charge on any atom is 0.328 e. The number of ketones is 1. The summed E-state index contributed by atoms with van der Waals surface area (Å²) in [6.07, 6.45) is 2.78. The van der Waals surface area contributed by atoms with Crippen molar-refractivity contribution in [1.82, 2.24) is 46.5 Å². The molecule has 0 aliphatic rings. The number of nitrogens with zero attached hydrogens (tertiary/aromatic N) is 2. The number of Topliss-reactive ketones (excluding diaryl/α,β-unsaturated/α-hetero) is 1. The van der Waals surface area contributed by atoms with Crippen LogP contribution in [-0.4, -0.2) is 116 Å². The van der Waals surface area contributed by atoms with Crippen molar-refractivity contribution in [1.29, 1.82) is 0 Å². The van der Waals surface area contributed by atoms with Crippen LogP contribution in [0.4, 0.5) is 0 Å². The average molecular weight is 621 g/mol. The lowest BCUT2D eigenvalue weighted by atomic mass is 10.0. The van der Waals surface area contributed by atoms with Crippen LogP contribution in [0.15, 0.2) is 12.7 Å². The summed E-state index contributed by atoms with van der Waals surface area (Å²) in [6.45, 7) is 6.37. The van der Waals surface area contributed by atoms with Crippen molar-refractivity contribution in [3.8, 4) is 0 Å². The molecule has 0 unspecified atom stereocenters. The Kier molecular flexibility index (Phi) is 13.6. The first kappa shape index (κ1) is 35.5. The molecule has 0 fully saturated rings. The molecule has 0 aromatic carbocycles. The summed E-state index contributed by atoms with van der Waals surface area (Å²) < 4.78 is 0. The molecule has 0 saturated heterocycles. The van der Waals surface area contributed by atoms with E-state index < -0.39 is 54.3 Å². The zero-order valence-electron chi connectivity index (χ0n) is 24.9. The number of carboxylic acid groups (broad SMARTS) is 1. The minimum atomic E-state index is -1.57. The Labute approximate surface area is 252 Å². The van der Waals surface area contributed by atoms with Crippen molar-refractivity contribution in [3.05, 3.63) is 35.4 Å². The Balaban J connectivity index is 1.96. The van der Waals surface area contributed by atoms with Crippen molar-refractivity contribution < 1.29 is 39.0 Å². The molecular weight excluding hydrogens is 580 g/mol. The summed E-state index contributed by atoms with van der Waals surface area (Å²) in [5.74, 6) is -4.65. The topological polar surface area (TPSA) is 286 Å². The average Bonchev–Trinajstić information content (AvgIpc) is 3.65. The number of nitrogens with one attached hydrogen (secondary N) is 7. The Morgan fingerprint density at radius 2 is 1.39 bits per heavy atom. The van der Waals surface area contributed by atoms with Gasteiger partial charge < -0.3 is 52.5 Å². The molecule has 2 heterocycles. The van der Waals surface area contributed by atoms with Crippen LogP contribution in [-0.2, 0) is 9.59 Å². The summed E-state index contributed by atoms with van der Waals surface area (Å²) in [7, 11) is 0. The highest BCUT2D eigenvalue weighted by molar-refractivity contribution is 6.06. The number of H-pyrrole nitrogens is 2. The molecule has 2 aromatic rings. The van der Waals surface area contributed by atoms with Gasteiger partial charge in [0.25, 0.3) is 23.6 Å². The third-order valence-corrected chi connectivity index (χ3v) is 6.29. The van der Waals surface area contributed by atoms with Crippen LogP contribution in [0.2, 0.25) is 0 Å². The van der Waals surface area contributed by atoms with Crippen LogP contribution >= 0.6 is 0 Å². The SMILES string of the molecule is CC(C)C[C@@H](CNCC(=O)[C@H](C)NC(=O)c1[nH]cnc1C(=O)N[C@@H](C)CN)NC(=O)c1nc[nH]c1C(=O)N[C@@H](CO)C(=O)O. The number of nitrogens with two attached hydrogens (primary N) is 1. The number of aromatic amines is 2. The van der Waals surface area contributed by atoms with E-state index in [1.54, 1.807) is 6.92 Å². The quantitative estimate of drug-likeness (QED) is 0.0828. The first-order chi connectivity index (χ1) is 20.8. The van der Waals surface area contributed by atoms with Gasteiger partial charge in [0.1, 0.15) is 11.4 Å². The van der Waals surface area contributed by atoms with Gasteiger partial charge in [-0.1, -0.05) is 13.8 Å². The minimum absolute atomic E-state index is 0.111. The molecule has 18 nitrogen and oxygen atoms in total. The Morgan fingerprint density at radius 3 is 1.89 bits per heavy atom. The monoisotopic (exact) mass is 620 g/mol. The summed E-state index contributed by atoms with van der Waals surface area (Å²) in [6, 6.07) is -3.35. The molecule has 0 spiro atoms. The number of aliphatic carboxylic acids is 1. The van der Waals surface area contributed by atoms with Gasteiger partial charge in [-0.3, -0.25) is 24.0 Å². The van der Waals surface area contributed by atoms with Gasteiger partial charge in [-0.2, -0.15) is 0 Å². The Morgan fingerprint density at radius 1 is 0.841 bits per heavy atom. The first-order valence-corrected chi connectivity index (χ1v) is 13.9. The van der Waals surface area contributed by atoms with Crippen LogP contribution in [0.25, 0.3) is 0 Å². The van der Waals surface area contributed by atoms with E-state index in [1.807, 2.05) is 13.8 Å². The molecule has 2 rings (SSSR count). The molecule has 0 saturated carbocycles. The van der Waals surface area contributed by atoms with E-state index >= 15 is 0 Å². The minimum Gasteiger partial charge on any atom is -0.480 e. The molecule has 18 heteroatoms. The van der Waals surface area contributed by atoms with Gasteiger partial charge in [-0.15, -0.1) is 0 Å². The molecule has 242 valence electrons. The lowest BCUT2D eigenvalue weighted by molar-refractivity contribution is -0.140.